The maximum absolute atomic E-state index is 12.8. The summed E-state index contributed by atoms with van der Waals surface area (Å²) in [4.78, 5) is 66.7. The van der Waals surface area contributed by atoms with Crippen LogP contribution in [0.4, 0.5) is 0 Å². The molecule has 0 saturated carbocycles. The van der Waals surface area contributed by atoms with Gasteiger partial charge in [-0.3, -0.25) is 19.2 Å². The molecule has 0 saturated heterocycles. The Morgan fingerprint density at radius 2 is 1.67 bits per heavy atom. The number of nitrogens with two attached hydrogens (primary N) is 2. The van der Waals surface area contributed by atoms with Crippen LogP contribution in [0, 0.1) is 5.92 Å². The van der Waals surface area contributed by atoms with E-state index in [0.717, 1.165) is 0 Å². The molecular weight excluding hydrogens is 434 g/mol. The van der Waals surface area contributed by atoms with E-state index in [9.17, 15) is 29.1 Å². The highest BCUT2D eigenvalue weighted by Gasteiger charge is 2.29. The van der Waals surface area contributed by atoms with E-state index in [2.05, 4.69) is 25.9 Å². The molecule has 1 aromatic heterocycles. The molecule has 0 fully saturated rings. The lowest BCUT2D eigenvalue weighted by molar-refractivity contribution is -0.142. The molecule has 13 nitrogen and oxygen atoms in total. The number of carboxylic acids is 1. The predicted molar refractivity (Wildman–Crippen MR) is 117 cm³/mol. The summed E-state index contributed by atoms with van der Waals surface area (Å²) >= 11 is 0. The molecule has 4 amide bonds. The largest absolute Gasteiger partial charge is 0.480 e. The maximum Gasteiger partial charge on any atom is 0.326 e. The molecule has 0 bridgehead atoms. The van der Waals surface area contributed by atoms with Gasteiger partial charge in [-0.2, -0.15) is 0 Å². The maximum atomic E-state index is 12.8. The molecule has 1 aromatic rings. The molecule has 0 radical (unpaired) electrons. The average Bonchev–Trinajstić information content (AvgIpc) is 3.22. The van der Waals surface area contributed by atoms with Gasteiger partial charge >= 0.3 is 5.97 Å². The quantitative estimate of drug-likeness (QED) is 0.164. The minimum absolute atomic E-state index is 0.0206. The van der Waals surface area contributed by atoms with E-state index < -0.39 is 53.8 Å². The molecule has 0 aliphatic carbocycles. The zero-order chi connectivity index (χ0) is 25.1. The average molecular weight is 468 g/mol. The predicted octanol–water partition coefficient (Wildman–Crippen LogP) is -1.85. The Labute approximate surface area is 191 Å². The molecule has 0 aliphatic heterocycles. The first-order chi connectivity index (χ1) is 15.4. The first-order valence-corrected chi connectivity index (χ1v) is 10.6. The molecule has 0 aromatic carbocycles. The second-order valence-electron chi connectivity index (χ2n) is 8.21. The summed E-state index contributed by atoms with van der Waals surface area (Å²) in [6, 6.07) is -4.35. The van der Waals surface area contributed by atoms with Crippen molar-refractivity contribution in [1.29, 1.82) is 0 Å². The molecule has 13 heteroatoms. The summed E-state index contributed by atoms with van der Waals surface area (Å²) < 4.78 is 0. The number of carbonyl (C=O) groups is 5. The number of nitrogens with zero attached hydrogens (tertiary/aromatic N) is 1. The third-order valence-electron chi connectivity index (χ3n) is 4.72. The van der Waals surface area contributed by atoms with Crippen LogP contribution in [0.1, 0.15) is 45.7 Å². The second-order valence-corrected chi connectivity index (χ2v) is 8.21. The number of aromatic nitrogens is 2. The molecule has 33 heavy (non-hydrogen) atoms. The zero-order valence-corrected chi connectivity index (χ0v) is 19.0. The lowest BCUT2D eigenvalue weighted by Gasteiger charge is -2.23. The van der Waals surface area contributed by atoms with Crippen molar-refractivity contribution < 1.29 is 29.1 Å². The smallest absolute Gasteiger partial charge is 0.326 e. The number of aromatic amines is 1. The van der Waals surface area contributed by atoms with Crippen molar-refractivity contribution in [3.05, 3.63) is 18.2 Å². The van der Waals surface area contributed by atoms with Crippen molar-refractivity contribution in [3.8, 4) is 0 Å². The van der Waals surface area contributed by atoms with Crippen LogP contribution in [-0.2, 0) is 30.4 Å². The van der Waals surface area contributed by atoms with Crippen LogP contribution >= 0.6 is 0 Å². The number of rotatable bonds is 14. The highest BCUT2D eigenvalue weighted by atomic mass is 16.4. The van der Waals surface area contributed by atoms with Crippen LogP contribution in [0.2, 0.25) is 0 Å². The molecule has 0 spiro atoms. The van der Waals surface area contributed by atoms with Gasteiger partial charge in [0.15, 0.2) is 0 Å². The number of carbonyl (C=O) groups excluding carboxylic acids is 4. The molecule has 0 aliphatic rings. The SMILES string of the molecule is CC(C)CC(N)C(=O)NC(C)C(=O)NC(Cc1cnc[nH]1)C(=O)NC(CCC(N)=O)C(=O)O. The standard InChI is InChI=1S/C20H33N7O6/c1-10(2)6-13(21)18(30)25-11(3)17(29)27-15(7-12-8-23-9-24-12)19(31)26-14(20(32)33)4-5-16(22)28/h8-11,13-15H,4-7,21H2,1-3H3,(H2,22,28)(H,23,24)(H,25,30)(H,26,31)(H,27,29)(H,32,33). The fraction of sp³-hybridized carbons (Fsp3) is 0.600. The van der Waals surface area contributed by atoms with E-state index in [1.54, 1.807) is 0 Å². The Kier molecular flexibility index (Phi) is 11.0. The summed E-state index contributed by atoms with van der Waals surface area (Å²) in [7, 11) is 0. The van der Waals surface area contributed by atoms with E-state index in [-0.39, 0.29) is 25.2 Å². The van der Waals surface area contributed by atoms with Crippen molar-refractivity contribution in [2.45, 2.75) is 70.6 Å². The minimum Gasteiger partial charge on any atom is -0.480 e. The van der Waals surface area contributed by atoms with Crippen LogP contribution in [0.5, 0.6) is 0 Å². The van der Waals surface area contributed by atoms with Gasteiger partial charge in [0.25, 0.3) is 0 Å². The summed E-state index contributed by atoms with van der Waals surface area (Å²) in [5.74, 6) is -3.82. The van der Waals surface area contributed by atoms with Gasteiger partial charge in [0.05, 0.1) is 12.4 Å². The van der Waals surface area contributed by atoms with Gasteiger partial charge in [-0.25, -0.2) is 9.78 Å². The molecule has 9 N–H and O–H groups in total. The molecule has 1 rings (SSSR count). The molecule has 184 valence electrons. The zero-order valence-electron chi connectivity index (χ0n) is 19.0. The Bertz CT molecular complexity index is 827. The molecule has 4 atom stereocenters. The first kappa shape index (κ1) is 27.6. The normalized spacial score (nSPS) is 14.6. The Balaban J connectivity index is 2.87. The number of aliphatic carboxylic acids is 1. The highest BCUT2D eigenvalue weighted by Crippen LogP contribution is 2.05. The van der Waals surface area contributed by atoms with Crippen molar-refractivity contribution in [1.82, 2.24) is 25.9 Å². The van der Waals surface area contributed by atoms with Gasteiger partial charge in [-0.1, -0.05) is 13.8 Å². The number of hydrogen-bond donors (Lipinski definition) is 7. The third kappa shape index (κ3) is 10.1. The summed E-state index contributed by atoms with van der Waals surface area (Å²) in [6.45, 7) is 5.26. The second kappa shape index (κ2) is 13.2. The Morgan fingerprint density at radius 1 is 1.03 bits per heavy atom. The van der Waals surface area contributed by atoms with Crippen molar-refractivity contribution in [3.63, 3.8) is 0 Å². The molecule has 4 unspecified atom stereocenters. The summed E-state index contributed by atoms with van der Waals surface area (Å²) in [5.41, 5.74) is 11.4. The van der Waals surface area contributed by atoms with E-state index in [1.165, 1.54) is 19.4 Å². The van der Waals surface area contributed by atoms with Gasteiger partial charge in [-0.15, -0.1) is 0 Å². The lowest BCUT2D eigenvalue weighted by atomic mass is 10.0. The van der Waals surface area contributed by atoms with Crippen LogP contribution in [0.25, 0.3) is 0 Å². The van der Waals surface area contributed by atoms with Gasteiger partial charge in [-0.05, 0) is 25.7 Å². The van der Waals surface area contributed by atoms with Crippen molar-refractivity contribution >= 4 is 29.6 Å². The van der Waals surface area contributed by atoms with Crippen LogP contribution in [0.15, 0.2) is 12.5 Å². The molecule has 1 heterocycles. The lowest BCUT2D eigenvalue weighted by Crippen LogP contribution is -2.57. The first-order valence-electron chi connectivity index (χ1n) is 10.6. The Hall–Kier alpha value is -3.48. The number of nitrogens with one attached hydrogen (secondary N) is 4. The number of H-pyrrole nitrogens is 1. The van der Waals surface area contributed by atoms with E-state index in [0.29, 0.717) is 12.1 Å². The van der Waals surface area contributed by atoms with Gasteiger partial charge in [0.2, 0.25) is 23.6 Å². The van der Waals surface area contributed by atoms with Crippen LogP contribution in [0.3, 0.4) is 0 Å². The van der Waals surface area contributed by atoms with Gasteiger partial charge in [0.1, 0.15) is 18.1 Å². The van der Waals surface area contributed by atoms with E-state index >= 15 is 0 Å². The fourth-order valence-electron chi connectivity index (χ4n) is 2.94. The van der Waals surface area contributed by atoms with Crippen LogP contribution < -0.4 is 27.4 Å². The van der Waals surface area contributed by atoms with Crippen LogP contribution in [-0.4, -0.2) is 68.8 Å². The number of amides is 4. The molecular formula is C20H33N7O6. The summed E-state index contributed by atoms with van der Waals surface area (Å²) in [5, 5.41) is 16.7. The monoisotopic (exact) mass is 467 g/mol. The highest BCUT2D eigenvalue weighted by molar-refractivity contribution is 5.94. The van der Waals surface area contributed by atoms with Gasteiger partial charge in [0, 0.05) is 24.7 Å². The number of imidazole rings is 1. The topological polar surface area (TPSA) is 222 Å². The third-order valence-corrected chi connectivity index (χ3v) is 4.72. The number of carboxylic acid groups (broad SMARTS) is 1. The summed E-state index contributed by atoms with van der Waals surface area (Å²) in [6.07, 6.45) is 2.80. The number of primary amides is 1. The van der Waals surface area contributed by atoms with E-state index in [1.807, 2.05) is 13.8 Å². The number of hydrogen-bond acceptors (Lipinski definition) is 7. The fourth-order valence-corrected chi connectivity index (χ4v) is 2.94. The van der Waals surface area contributed by atoms with Gasteiger partial charge < -0.3 is 37.5 Å². The minimum atomic E-state index is -1.38. The Morgan fingerprint density at radius 3 is 2.18 bits per heavy atom. The van der Waals surface area contributed by atoms with E-state index in [4.69, 9.17) is 11.5 Å². The van der Waals surface area contributed by atoms with Crippen molar-refractivity contribution in [2.75, 3.05) is 0 Å². The van der Waals surface area contributed by atoms with Crippen molar-refractivity contribution in [2.24, 2.45) is 17.4 Å².